The lowest BCUT2D eigenvalue weighted by molar-refractivity contribution is -0.144. The van der Waals surface area contributed by atoms with E-state index >= 15 is 0 Å². The number of nitrogens with zero attached hydrogens (tertiary/aromatic N) is 1. The number of amides is 1. The molecule has 0 aromatic heterocycles. The van der Waals surface area contributed by atoms with Crippen LogP contribution in [-0.2, 0) is 19.6 Å². The highest BCUT2D eigenvalue weighted by Crippen LogP contribution is 2.39. The molecule has 2 aromatic carbocycles. The molecule has 1 aliphatic heterocycles. The summed E-state index contributed by atoms with van der Waals surface area (Å²) in [6, 6.07) is 6.89. The Labute approximate surface area is 188 Å². The maximum atomic E-state index is 13.5. The number of carboxylic acids is 1. The van der Waals surface area contributed by atoms with Crippen LogP contribution in [0, 0.1) is 5.82 Å². The third-order valence-corrected chi connectivity index (χ3v) is 6.29. The van der Waals surface area contributed by atoms with Crippen molar-refractivity contribution in [2.75, 3.05) is 16.2 Å². The first-order chi connectivity index (χ1) is 14.8. The third-order valence-electron chi connectivity index (χ3n) is 4.23. The molecule has 0 spiro atoms. The van der Waals surface area contributed by atoms with Gasteiger partial charge in [0, 0.05) is 5.69 Å². The number of sulfonamides is 1. The molecule has 0 bridgehead atoms. The Hall–Kier alpha value is -3.05. The van der Waals surface area contributed by atoms with Crippen molar-refractivity contribution >= 4 is 45.1 Å². The normalized spacial score (nSPS) is 16.0. The Morgan fingerprint density at radius 3 is 2.53 bits per heavy atom. The highest BCUT2D eigenvalue weighted by atomic mass is 35.5. The lowest BCUT2D eigenvalue weighted by atomic mass is 10.2. The lowest BCUT2D eigenvalue weighted by Crippen LogP contribution is -2.47. The Kier molecular flexibility index (Phi) is 6.25. The van der Waals surface area contributed by atoms with Crippen molar-refractivity contribution in [2.24, 2.45) is 0 Å². The summed E-state index contributed by atoms with van der Waals surface area (Å²) in [7, 11) is -4.36. The predicted molar refractivity (Wildman–Crippen MR) is 114 cm³/mol. The van der Waals surface area contributed by atoms with Crippen LogP contribution in [-0.4, -0.2) is 43.8 Å². The van der Waals surface area contributed by atoms with E-state index in [4.69, 9.17) is 21.1 Å². The van der Waals surface area contributed by atoms with Crippen molar-refractivity contribution in [1.29, 1.82) is 0 Å². The van der Waals surface area contributed by atoms with Crippen LogP contribution >= 0.6 is 11.6 Å². The molecule has 2 N–H and O–H groups in total. The zero-order valence-electron chi connectivity index (χ0n) is 17.3. The molecule has 12 heteroatoms. The fraction of sp³-hybridized carbons (Fsp3) is 0.300. The van der Waals surface area contributed by atoms with Crippen LogP contribution < -0.4 is 14.4 Å². The van der Waals surface area contributed by atoms with Crippen molar-refractivity contribution in [3.8, 4) is 5.75 Å². The van der Waals surface area contributed by atoms with Gasteiger partial charge in [0.1, 0.15) is 17.2 Å². The quantitative estimate of drug-likeness (QED) is 0.672. The van der Waals surface area contributed by atoms with Crippen LogP contribution in [0.25, 0.3) is 0 Å². The lowest BCUT2D eigenvalue weighted by Gasteiger charge is -2.34. The molecule has 1 aliphatic rings. The second kappa shape index (κ2) is 8.47. The summed E-state index contributed by atoms with van der Waals surface area (Å²) in [6.07, 6.45) is -2.25. The fourth-order valence-electron chi connectivity index (χ4n) is 2.87. The minimum atomic E-state index is -4.36. The van der Waals surface area contributed by atoms with Gasteiger partial charge in [0.15, 0.2) is 0 Å². The monoisotopic (exact) mass is 486 g/mol. The standard InChI is InChI=1S/C20H20ClFN2O7S/c1-20(2,3)31-19(27)23-11-4-7-16-15(8-11)24(10-17(30-16)18(25)26)32(28,29)12-5-6-14(22)13(21)9-12/h4-9,17H,10H2,1-3H3,(H,23,27)(H,25,26)/t17-/m1/s1. The molecule has 2 aromatic rings. The molecule has 0 radical (unpaired) electrons. The maximum absolute atomic E-state index is 13.5. The number of carboxylic acid groups (broad SMARTS) is 1. The number of benzene rings is 2. The molecule has 0 fully saturated rings. The Balaban J connectivity index is 2.04. The van der Waals surface area contributed by atoms with E-state index in [1.54, 1.807) is 20.8 Å². The van der Waals surface area contributed by atoms with Gasteiger partial charge in [-0.05, 0) is 57.2 Å². The van der Waals surface area contributed by atoms with E-state index in [0.717, 1.165) is 22.5 Å². The van der Waals surface area contributed by atoms with Crippen LogP contribution in [0.3, 0.4) is 0 Å². The molecule has 1 atom stereocenters. The van der Waals surface area contributed by atoms with E-state index in [0.29, 0.717) is 0 Å². The number of ether oxygens (including phenoxy) is 2. The Morgan fingerprint density at radius 1 is 1.25 bits per heavy atom. The van der Waals surface area contributed by atoms with Crippen LogP contribution in [0.4, 0.5) is 20.6 Å². The summed E-state index contributed by atoms with van der Waals surface area (Å²) < 4.78 is 51.5. The Morgan fingerprint density at radius 2 is 1.94 bits per heavy atom. The van der Waals surface area contributed by atoms with Crippen molar-refractivity contribution in [3.63, 3.8) is 0 Å². The minimum absolute atomic E-state index is 0.0171. The second-order valence-electron chi connectivity index (χ2n) is 7.87. The number of fused-ring (bicyclic) bond motifs is 1. The van der Waals surface area contributed by atoms with Gasteiger partial charge in [-0.2, -0.15) is 0 Å². The summed E-state index contributed by atoms with van der Waals surface area (Å²) in [5, 5.41) is 11.5. The molecule has 1 amide bonds. The zero-order valence-corrected chi connectivity index (χ0v) is 18.8. The molecular formula is C20H20ClFN2O7S. The number of halogens is 2. The summed E-state index contributed by atoms with van der Waals surface area (Å²) in [5.74, 6) is -2.21. The number of aliphatic carboxylic acids is 1. The first-order valence-electron chi connectivity index (χ1n) is 9.29. The molecule has 3 rings (SSSR count). The van der Waals surface area contributed by atoms with Gasteiger partial charge >= 0.3 is 12.1 Å². The number of carbonyl (C=O) groups excluding carboxylic acids is 1. The molecule has 0 saturated heterocycles. The Bertz CT molecular complexity index is 1180. The second-order valence-corrected chi connectivity index (χ2v) is 10.1. The first kappa shape index (κ1) is 23.6. The molecule has 0 saturated carbocycles. The van der Waals surface area contributed by atoms with Crippen LogP contribution in [0.2, 0.25) is 5.02 Å². The molecule has 0 aliphatic carbocycles. The zero-order chi connectivity index (χ0) is 23.8. The number of nitrogens with one attached hydrogen (secondary N) is 1. The van der Waals surface area contributed by atoms with Crippen LogP contribution in [0.5, 0.6) is 5.75 Å². The number of carbonyl (C=O) groups is 2. The van der Waals surface area contributed by atoms with Gasteiger partial charge in [0.25, 0.3) is 10.0 Å². The summed E-state index contributed by atoms with van der Waals surface area (Å²) in [4.78, 5) is 23.3. The van der Waals surface area contributed by atoms with Gasteiger partial charge in [-0.1, -0.05) is 11.6 Å². The topological polar surface area (TPSA) is 122 Å². The number of hydrogen-bond donors (Lipinski definition) is 2. The fourth-order valence-corrected chi connectivity index (χ4v) is 4.61. The average Bonchev–Trinajstić information content (AvgIpc) is 2.67. The van der Waals surface area contributed by atoms with Crippen molar-refractivity contribution in [2.45, 2.75) is 37.4 Å². The van der Waals surface area contributed by atoms with Gasteiger partial charge in [-0.3, -0.25) is 9.62 Å². The predicted octanol–water partition coefficient (Wildman–Crippen LogP) is 3.87. The van der Waals surface area contributed by atoms with E-state index in [1.807, 2.05) is 0 Å². The van der Waals surface area contributed by atoms with E-state index in [-0.39, 0.29) is 22.0 Å². The highest BCUT2D eigenvalue weighted by Gasteiger charge is 2.38. The van der Waals surface area contributed by atoms with Crippen LogP contribution in [0.15, 0.2) is 41.3 Å². The van der Waals surface area contributed by atoms with Crippen LogP contribution in [0.1, 0.15) is 20.8 Å². The van der Waals surface area contributed by atoms with Gasteiger partial charge in [-0.25, -0.2) is 22.4 Å². The molecule has 1 heterocycles. The molecule has 32 heavy (non-hydrogen) atoms. The van der Waals surface area contributed by atoms with Crippen molar-refractivity contribution in [3.05, 3.63) is 47.2 Å². The van der Waals surface area contributed by atoms with Crippen molar-refractivity contribution < 1.29 is 37.0 Å². The van der Waals surface area contributed by atoms with Gasteiger partial charge < -0.3 is 14.6 Å². The highest BCUT2D eigenvalue weighted by molar-refractivity contribution is 7.92. The molecular weight excluding hydrogens is 467 g/mol. The molecule has 9 nitrogen and oxygen atoms in total. The first-order valence-corrected chi connectivity index (χ1v) is 11.1. The molecule has 172 valence electrons. The number of rotatable bonds is 4. The number of hydrogen-bond acceptors (Lipinski definition) is 6. The minimum Gasteiger partial charge on any atom is -0.478 e. The van der Waals surface area contributed by atoms with Gasteiger partial charge in [0.2, 0.25) is 6.10 Å². The molecule has 0 unspecified atom stereocenters. The largest absolute Gasteiger partial charge is 0.478 e. The average molecular weight is 487 g/mol. The maximum Gasteiger partial charge on any atom is 0.412 e. The van der Waals surface area contributed by atoms with Crippen molar-refractivity contribution in [1.82, 2.24) is 0 Å². The summed E-state index contributed by atoms with van der Waals surface area (Å²) >= 11 is 5.74. The summed E-state index contributed by atoms with van der Waals surface area (Å²) in [6.45, 7) is 4.49. The summed E-state index contributed by atoms with van der Waals surface area (Å²) in [5.41, 5.74) is -0.586. The third kappa shape index (κ3) is 5.05. The smallest absolute Gasteiger partial charge is 0.412 e. The van der Waals surface area contributed by atoms with E-state index in [9.17, 15) is 27.5 Å². The van der Waals surface area contributed by atoms with Gasteiger partial charge in [-0.15, -0.1) is 0 Å². The number of anilines is 2. The van der Waals surface area contributed by atoms with E-state index < -0.39 is 51.2 Å². The SMILES string of the molecule is CC(C)(C)OC(=O)Nc1ccc2c(c1)N(S(=O)(=O)c1ccc(F)c(Cl)c1)C[C@H](C(=O)O)O2. The van der Waals surface area contributed by atoms with E-state index in [2.05, 4.69) is 5.32 Å². The van der Waals surface area contributed by atoms with E-state index in [1.165, 1.54) is 18.2 Å². The van der Waals surface area contributed by atoms with Gasteiger partial charge in [0.05, 0.1) is 22.2 Å².